The Morgan fingerprint density at radius 3 is 2.55 bits per heavy atom. The van der Waals surface area contributed by atoms with Crippen LogP contribution in [0.5, 0.6) is 11.6 Å². The average Bonchev–Trinajstić information content (AvgIpc) is 4.11. The highest BCUT2D eigenvalue weighted by Crippen LogP contribution is 2.48. The topological polar surface area (TPSA) is 182 Å². The van der Waals surface area contributed by atoms with Crippen molar-refractivity contribution in [2.24, 2.45) is 23.2 Å². The zero-order valence-electron chi connectivity index (χ0n) is 32.6. The van der Waals surface area contributed by atoms with E-state index in [9.17, 15) is 32.0 Å². The molecule has 1 aromatic carbocycles. The summed E-state index contributed by atoms with van der Waals surface area (Å²) in [6.45, 7) is 7.65. The number of carbonyl (C=O) groups is 4. The summed E-state index contributed by atoms with van der Waals surface area (Å²) in [4.78, 5) is 62.2. The van der Waals surface area contributed by atoms with Crippen LogP contribution in [0, 0.1) is 29.0 Å². The number of halogens is 1. The molecule has 7 rings (SSSR count). The van der Waals surface area contributed by atoms with Crippen molar-refractivity contribution < 1.29 is 50.5 Å². The van der Waals surface area contributed by atoms with Crippen LogP contribution >= 0.6 is 0 Å². The second kappa shape index (κ2) is 14.8. The van der Waals surface area contributed by atoms with E-state index in [4.69, 9.17) is 14.2 Å². The predicted molar refractivity (Wildman–Crippen MR) is 210 cm³/mol. The zero-order chi connectivity index (χ0) is 40.2. The molecule has 7 atom stereocenters. The fourth-order valence-corrected chi connectivity index (χ4v) is 9.29. The van der Waals surface area contributed by atoms with E-state index in [1.807, 2.05) is 26.0 Å². The maximum absolute atomic E-state index is 14.8. The molecular weight excluding hydrogens is 746 g/mol. The molecule has 0 bridgehead atoms. The number of benzene rings is 1. The van der Waals surface area contributed by atoms with Crippen molar-refractivity contribution in [1.82, 2.24) is 25.2 Å². The van der Waals surface area contributed by atoms with E-state index < -0.39 is 74.0 Å². The summed E-state index contributed by atoms with van der Waals surface area (Å²) in [5.74, 6) is -2.99. The Morgan fingerprint density at radius 1 is 1.11 bits per heavy atom. The molecule has 56 heavy (non-hydrogen) atoms. The van der Waals surface area contributed by atoms with Gasteiger partial charge >= 0.3 is 6.09 Å². The first kappa shape index (κ1) is 39.8. The second-order valence-electron chi connectivity index (χ2n) is 17.3. The van der Waals surface area contributed by atoms with Gasteiger partial charge in [0.25, 0.3) is 5.91 Å². The van der Waals surface area contributed by atoms with Gasteiger partial charge in [0.2, 0.25) is 27.7 Å². The van der Waals surface area contributed by atoms with Crippen LogP contribution in [0.1, 0.15) is 89.8 Å². The summed E-state index contributed by atoms with van der Waals surface area (Å²) in [5.41, 5.74) is -1.65. The standard InChI is InChI=1S/C40H52FN5O9S.3H2/c1-23-8-6-7-9-25-20-40(25,36(49)45-56(51,52)39(4)13-14-39)44-33(47)30-19-27(55-34-29-17-26(41)18-31(53-5)28(29)10-15-42-34)21-46(30)35(48)32(24(2)16-23)43-37(50)54-22-38(3)11-12-38;;;/h7,9-10,15,17-18,23-25,27,30,32H,6,8,11-14,16,19-22H2,1-5H3,(H,43,50)(H,44,47)(H,45,49);3*1H/b9-7-;;;/t23-,24+,25+,27+,30-,32-,40+;;;/m0.../s1. The molecule has 0 radical (unpaired) electrons. The highest BCUT2D eigenvalue weighted by atomic mass is 32.2. The van der Waals surface area contributed by atoms with Crippen molar-refractivity contribution in [3.8, 4) is 11.6 Å². The zero-order valence-corrected chi connectivity index (χ0v) is 33.4. The van der Waals surface area contributed by atoms with Gasteiger partial charge in [-0.2, -0.15) is 0 Å². The lowest BCUT2D eigenvalue weighted by Crippen LogP contribution is -2.59. The van der Waals surface area contributed by atoms with E-state index in [-0.39, 0.29) is 59.2 Å². The largest absolute Gasteiger partial charge is 0.496 e. The molecule has 3 saturated carbocycles. The summed E-state index contributed by atoms with van der Waals surface area (Å²) >= 11 is 0. The lowest BCUT2D eigenvalue weighted by atomic mass is 9.88. The first-order valence-electron chi connectivity index (χ1n) is 19.5. The van der Waals surface area contributed by atoms with Crippen LogP contribution in [0.4, 0.5) is 9.18 Å². The summed E-state index contributed by atoms with van der Waals surface area (Å²) in [6, 6.07) is 1.90. The molecule has 2 aliphatic heterocycles. The highest BCUT2D eigenvalue weighted by Gasteiger charge is 2.63. The van der Waals surface area contributed by atoms with E-state index in [1.54, 1.807) is 13.0 Å². The fraction of sp³-hybridized carbons (Fsp3) is 0.625. The molecule has 0 spiro atoms. The molecule has 3 heterocycles. The van der Waals surface area contributed by atoms with Crippen LogP contribution in [-0.2, 0) is 29.1 Å². The van der Waals surface area contributed by atoms with Crippen molar-refractivity contribution in [3.63, 3.8) is 0 Å². The van der Waals surface area contributed by atoms with Gasteiger partial charge in [-0.15, -0.1) is 0 Å². The van der Waals surface area contributed by atoms with Crippen LogP contribution in [0.3, 0.4) is 0 Å². The van der Waals surface area contributed by atoms with Crippen molar-refractivity contribution in [1.29, 1.82) is 0 Å². The number of nitrogens with zero attached hydrogens (tertiary/aromatic N) is 2. The van der Waals surface area contributed by atoms with Crippen LogP contribution in [0.15, 0.2) is 36.5 Å². The molecule has 14 nitrogen and oxygen atoms in total. The molecule has 5 aliphatic rings. The first-order valence-corrected chi connectivity index (χ1v) is 21.0. The maximum Gasteiger partial charge on any atom is 0.407 e. The number of nitrogens with one attached hydrogen (secondary N) is 3. The van der Waals surface area contributed by atoms with E-state index in [1.165, 1.54) is 30.3 Å². The van der Waals surface area contributed by atoms with E-state index in [2.05, 4.69) is 27.3 Å². The molecule has 4 amide bonds. The number of fused-ring (bicyclic) bond motifs is 3. The Labute approximate surface area is 331 Å². The minimum Gasteiger partial charge on any atom is -0.496 e. The van der Waals surface area contributed by atoms with Gasteiger partial charge < -0.3 is 29.7 Å². The number of carbonyl (C=O) groups excluding carboxylic acids is 4. The SMILES string of the molecule is COc1cc(F)cc2c(O[C@@H]3C[C@H]4C(=O)N[C@]5(C(=O)NS(=O)(=O)C6(C)CC6)C[C@H]5/C=C\CC[C@H](C)C[C@@H](C)[C@H](NC(=O)OCC5(C)CC5)C(=O)N4C3)nccc12.[HH].[HH].[HH]. The first-order chi connectivity index (χ1) is 26.5. The molecule has 0 unspecified atom stereocenters. The van der Waals surface area contributed by atoms with Crippen molar-refractivity contribution in [2.75, 3.05) is 20.3 Å². The molecular formula is C40H58FN5O9S. The third kappa shape index (κ3) is 8.03. The van der Waals surface area contributed by atoms with E-state index in [0.29, 0.717) is 36.5 Å². The minimum atomic E-state index is -4.02. The van der Waals surface area contributed by atoms with Gasteiger partial charge in [-0.05, 0) is 82.3 Å². The Balaban J connectivity index is 0.00000256. The molecule has 4 fully saturated rings. The number of alkyl carbamates (subject to hydrolysis) is 1. The number of aromatic nitrogens is 1. The Hall–Kier alpha value is -4.47. The predicted octanol–water partition coefficient (Wildman–Crippen LogP) is 5.25. The third-order valence-electron chi connectivity index (χ3n) is 12.4. The smallest absolute Gasteiger partial charge is 0.407 e. The molecule has 3 N–H and O–H groups in total. The number of allylic oxidation sites excluding steroid dienone is 1. The Bertz CT molecular complexity index is 2070. The fourth-order valence-electron chi connectivity index (χ4n) is 7.97. The van der Waals surface area contributed by atoms with Gasteiger partial charge in [0.15, 0.2) is 0 Å². The van der Waals surface area contributed by atoms with Crippen LogP contribution in [-0.4, -0.2) is 90.9 Å². The summed E-state index contributed by atoms with van der Waals surface area (Å²) in [6.07, 6.45) is 8.55. The van der Waals surface area contributed by atoms with Gasteiger partial charge in [-0.3, -0.25) is 19.1 Å². The quantitative estimate of drug-likeness (QED) is 0.283. The summed E-state index contributed by atoms with van der Waals surface area (Å²) in [5, 5.41) is 6.56. The molecule has 1 aromatic heterocycles. The average molecular weight is 804 g/mol. The number of methoxy groups -OCH3 is 1. The van der Waals surface area contributed by atoms with Gasteiger partial charge in [0, 0.05) is 39.7 Å². The summed E-state index contributed by atoms with van der Waals surface area (Å²) < 4.78 is 59.6. The molecule has 2 aromatic rings. The van der Waals surface area contributed by atoms with Crippen LogP contribution in [0.2, 0.25) is 0 Å². The lowest BCUT2D eigenvalue weighted by Gasteiger charge is -2.32. The molecule has 3 aliphatic carbocycles. The number of rotatable bonds is 9. The third-order valence-corrected chi connectivity index (χ3v) is 14.6. The van der Waals surface area contributed by atoms with Crippen LogP contribution < -0.4 is 24.8 Å². The normalized spacial score (nSPS) is 31.4. The van der Waals surface area contributed by atoms with Crippen molar-refractivity contribution in [2.45, 2.75) is 114 Å². The maximum atomic E-state index is 14.8. The second-order valence-corrected chi connectivity index (χ2v) is 19.5. The molecule has 310 valence electrons. The van der Waals surface area contributed by atoms with E-state index in [0.717, 1.165) is 19.3 Å². The number of hydrogen-bond acceptors (Lipinski definition) is 10. The number of hydrogen-bond donors (Lipinski definition) is 3. The van der Waals surface area contributed by atoms with Gasteiger partial charge in [-0.1, -0.05) is 32.9 Å². The van der Waals surface area contributed by atoms with Crippen molar-refractivity contribution in [3.05, 3.63) is 42.4 Å². The Kier molecular flexibility index (Phi) is 10.5. The number of ether oxygens (including phenoxy) is 3. The number of amides is 4. The van der Waals surface area contributed by atoms with E-state index >= 15 is 0 Å². The molecule has 16 heteroatoms. The monoisotopic (exact) mass is 803 g/mol. The van der Waals surface area contributed by atoms with Gasteiger partial charge in [-0.25, -0.2) is 22.6 Å². The summed E-state index contributed by atoms with van der Waals surface area (Å²) in [7, 11) is -2.60. The number of sulfonamides is 1. The lowest BCUT2D eigenvalue weighted by molar-refractivity contribution is -0.142. The number of pyridine rings is 1. The highest BCUT2D eigenvalue weighted by molar-refractivity contribution is 7.91. The van der Waals surface area contributed by atoms with Gasteiger partial charge in [0.1, 0.15) is 35.3 Å². The van der Waals surface area contributed by atoms with Crippen LogP contribution in [0.25, 0.3) is 10.8 Å². The van der Waals surface area contributed by atoms with Gasteiger partial charge in [0.05, 0.1) is 30.4 Å². The Morgan fingerprint density at radius 2 is 1.86 bits per heavy atom. The minimum absolute atomic E-state index is 0. The molecule has 1 saturated heterocycles. The van der Waals surface area contributed by atoms with Crippen molar-refractivity contribution >= 4 is 44.6 Å².